The lowest BCUT2D eigenvalue weighted by molar-refractivity contribution is -0.138. The highest BCUT2D eigenvalue weighted by Gasteiger charge is 2.37. The predicted octanol–water partition coefficient (Wildman–Crippen LogP) is 1.54. The second kappa shape index (κ2) is 18.3. The molecule has 0 saturated heterocycles. The summed E-state index contributed by atoms with van der Waals surface area (Å²) in [7, 11) is 0. The SMILES string of the molecule is O=C(O)CCCNC(=O)C(NC(=O)OCc1ccccc1)C(NC(=O)OCc1ccccc1)C(=O)NCCCC(=O)O. The van der Waals surface area contributed by atoms with E-state index in [0.717, 1.165) is 0 Å². The molecule has 0 aliphatic rings. The van der Waals surface area contributed by atoms with Crippen LogP contribution < -0.4 is 21.3 Å². The first-order valence-electron chi connectivity index (χ1n) is 13.1. The largest absolute Gasteiger partial charge is 0.481 e. The lowest BCUT2D eigenvalue weighted by Crippen LogP contribution is -2.63. The van der Waals surface area contributed by atoms with Crippen molar-refractivity contribution < 1.29 is 48.5 Å². The number of nitrogens with one attached hydrogen (secondary N) is 4. The summed E-state index contributed by atoms with van der Waals surface area (Å²) in [5.41, 5.74) is 1.30. The Morgan fingerprint density at radius 1 is 0.595 bits per heavy atom. The Kier molecular flexibility index (Phi) is 14.4. The van der Waals surface area contributed by atoms with Gasteiger partial charge >= 0.3 is 24.1 Å². The van der Waals surface area contributed by atoms with Crippen molar-refractivity contribution in [1.82, 2.24) is 21.3 Å². The van der Waals surface area contributed by atoms with Gasteiger partial charge in [-0.2, -0.15) is 0 Å². The summed E-state index contributed by atoms with van der Waals surface area (Å²) in [6.07, 6.45) is -2.51. The highest BCUT2D eigenvalue weighted by molar-refractivity contribution is 5.96. The molecule has 2 aromatic rings. The van der Waals surface area contributed by atoms with Crippen LogP contribution >= 0.6 is 0 Å². The fourth-order valence-electron chi connectivity index (χ4n) is 3.51. The molecule has 0 heterocycles. The van der Waals surface area contributed by atoms with Gasteiger partial charge in [-0.05, 0) is 24.0 Å². The highest BCUT2D eigenvalue weighted by atomic mass is 16.6. The minimum absolute atomic E-state index is 0.0604. The van der Waals surface area contributed by atoms with Crippen LogP contribution in [0.15, 0.2) is 60.7 Å². The number of hydrogen-bond acceptors (Lipinski definition) is 8. The van der Waals surface area contributed by atoms with Crippen molar-refractivity contribution in [2.75, 3.05) is 13.1 Å². The minimum Gasteiger partial charge on any atom is -0.481 e. The van der Waals surface area contributed by atoms with Gasteiger partial charge < -0.3 is 41.0 Å². The number of hydrogen-bond donors (Lipinski definition) is 6. The molecule has 2 aromatic carbocycles. The second-order valence-electron chi connectivity index (χ2n) is 8.94. The van der Waals surface area contributed by atoms with Crippen LogP contribution in [0, 0.1) is 0 Å². The fraction of sp³-hybridized carbons (Fsp3) is 0.357. The number of carbonyl (C=O) groups is 6. The number of carboxylic acid groups (broad SMARTS) is 2. The zero-order valence-corrected chi connectivity index (χ0v) is 22.7. The Bertz CT molecular complexity index is 1100. The molecule has 42 heavy (non-hydrogen) atoms. The zero-order valence-electron chi connectivity index (χ0n) is 22.7. The average Bonchev–Trinajstić information content (AvgIpc) is 2.97. The Morgan fingerprint density at radius 3 is 1.29 bits per heavy atom. The Balaban J connectivity index is 2.20. The quantitative estimate of drug-likeness (QED) is 0.147. The first-order chi connectivity index (χ1) is 20.2. The number of amides is 4. The molecule has 2 unspecified atom stereocenters. The molecule has 0 saturated carbocycles. The van der Waals surface area contributed by atoms with Gasteiger partial charge in [0.15, 0.2) is 0 Å². The van der Waals surface area contributed by atoms with Crippen molar-refractivity contribution in [3.8, 4) is 0 Å². The monoisotopic (exact) mass is 586 g/mol. The Hall–Kier alpha value is -5.14. The predicted molar refractivity (Wildman–Crippen MR) is 147 cm³/mol. The van der Waals surface area contributed by atoms with E-state index in [1.807, 2.05) is 0 Å². The summed E-state index contributed by atoms with van der Waals surface area (Å²) in [6, 6.07) is 13.9. The van der Waals surface area contributed by atoms with E-state index in [1.54, 1.807) is 60.7 Å². The van der Waals surface area contributed by atoms with Crippen LogP contribution in [-0.2, 0) is 41.9 Å². The zero-order chi connectivity index (χ0) is 30.7. The van der Waals surface area contributed by atoms with Crippen LogP contribution in [0.1, 0.15) is 36.8 Å². The van der Waals surface area contributed by atoms with Gasteiger partial charge in [0.25, 0.3) is 0 Å². The molecule has 0 spiro atoms. The van der Waals surface area contributed by atoms with Crippen LogP contribution in [0.4, 0.5) is 9.59 Å². The van der Waals surface area contributed by atoms with E-state index in [0.29, 0.717) is 11.1 Å². The molecule has 0 fully saturated rings. The van der Waals surface area contributed by atoms with Crippen LogP contribution in [0.2, 0.25) is 0 Å². The summed E-state index contributed by atoms with van der Waals surface area (Å²) < 4.78 is 10.4. The smallest absolute Gasteiger partial charge is 0.408 e. The van der Waals surface area contributed by atoms with E-state index < -0.39 is 48.0 Å². The van der Waals surface area contributed by atoms with Gasteiger partial charge in [0.2, 0.25) is 11.8 Å². The van der Waals surface area contributed by atoms with Crippen LogP contribution in [0.25, 0.3) is 0 Å². The van der Waals surface area contributed by atoms with E-state index in [9.17, 15) is 28.8 Å². The number of carboxylic acids is 2. The lowest BCUT2D eigenvalue weighted by Gasteiger charge is -2.27. The molecule has 14 heteroatoms. The first kappa shape index (κ1) is 33.1. The van der Waals surface area contributed by atoms with Gasteiger partial charge in [-0.25, -0.2) is 9.59 Å². The average molecular weight is 587 g/mol. The molecule has 0 aromatic heterocycles. The van der Waals surface area contributed by atoms with E-state index >= 15 is 0 Å². The summed E-state index contributed by atoms with van der Waals surface area (Å²) >= 11 is 0. The van der Waals surface area contributed by atoms with Gasteiger partial charge in [0, 0.05) is 25.9 Å². The van der Waals surface area contributed by atoms with Crippen molar-refractivity contribution in [3.63, 3.8) is 0 Å². The van der Waals surface area contributed by atoms with Crippen molar-refractivity contribution in [2.45, 2.75) is 51.0 Å². The first-order valence-corrected chi connectivity index (χ1v) is 13.1. The Morgan fingerprint density at radius 2 is 0.952 bits per heavy atom. The summed E-state index contributed by atoms with van der Waals surface area (Å²) in [5, 5.41) is 27.2. The summed E-state index contributed by atoms with van der Waals surface area (Å²) in [5.74, 6) is -3.98. The molecule has 0 bridgehead atoms. The fourth-order valence-corrected chi connectivity index (χ4v) is 3.51. The van der Waals surface area contributed by atoms with Crippen molar-refractivity contribution in [3.05, 3.63) is 71.8 Å². The van der Waals surface area contributed by atoms with E-state index in [4.69, 9.17) is 19.7 Å². The normalized spacial score (nSPS) is 11.7. The third-order valence-corrected chi connectivity index (χ3v) is 5.60. The van der Waals surface area contributed by atoms with Gasteiger partial charge in [0.05, 0.1) is 0 Å². The second-order valence-corrected chi connectivity index (χ2v) is 8.94. The third-order valence-electron chi connectivity index (χ3n) is 5.60. The number of benzene rings is 2. The molecule has 226 valence electrons. The van der Waals surface area contributed by atoms with Crippen molar-refractivity contribution in [1.29, 1.82) is 0 Å². The Labute approximate surface area is 241 Å². The van der Waals surface area contributed by atoms with Gasteiger partial charge in [-0.15, -0.1) is 0 Å². The molecule has 0 aliphatic heterocycles. The van der Waals surface area contributed by atoms with Crippen LogP contribution in [0.5, 0.6) is 0 Å². The van der Waals surface area contributed by atoms with Gasteiger partial charge in [0.1, 0.15) is 25.3 Å². The highest BCUT2D eigenvalue weighted by Crippen LogP contribution is 2.05. The van der Waals surface area contributed by atoms with Crippen molar-refractivity contribution >= 4 is 35.9 Å². The molecule has 4 amide bonds. The summed E-state index contributed by atoms with van der Waals surface area (Å²) in [6.45, 7) is -0.516. The van der Waals surface area contributed by atoms with E-state index in [-0.39, 0.29) is 52.0 Å². The van der Waals surface area contributed by atoms with Gasteiger partial charge in [-0.3, -0.25) is 19.2 Å². The topological polar surface area (TPSA) is 209 Å². The minimum atomic E-state index is -1.72. The molecule has 0 aliphatic carbocycles. The number of ether oxygens (including phenoxy) is 2. The van der Waals surface area contributed by atoms with E-state index in [2.05, 4.69) is 21.3 Å². The van der Waals surface area contributed by atoms with E-state index in [1.165, 1.54) is 0 Å². The number of alkyl carbamates (subject to hydrolysis) is 2. The van der Waals surface area contributed by atoms with Crippen molar-refractivity contribution in [2.24, 2.45) is 0 Å². The summed E-state index contributed by atoms with van der Waals surface area (Å²) in [4.78, 5) is 73.3. The molecular formula is C28H34N4O10. The third kappa shape index (κ3) is 13.3. The molecule has 2 rings (SSSR count). The molecule has 6 N–H and O–H groups in total. The van der Waals surface area contributed by atoms with Gasteiger partial charge in [-0.1, -0.05) is 60.7 Å². The maximum atomic E-state index is 13.1. The molecule has 0 radical (unpaired) electrons. The molecule has 2 atom stereocenters. The van der Waals surface area contributed by atoms with Crippen LogP contribution in [-0.4, -0.2) is 71.3 Å². The molecular weight excluding hydrogens is 552 g/mol. The molecule has 14 nitrogen and oxygen atoms in total. The van der Waals surface area contributed by atoms with Crippen LogP contribution in [0.3, 0.4) is 0 Å². The number of rotatable bonds is 17. The number of carbonyl (C=O) groups excluding carboxylic acids is 4. The number of aliphatic carboxylic acids is 2. The lowest BCUT2D eigenvalue weighted by atomic mass is 10.1. The standard InChI is InChI=1S/C28H34N4O10/c33-21(34)13-7-15-29-25(37)23(31-27(39)41-17-19-9-3-1-4-10-19)24(26(38)30-16-8-14-22(35)36)32-28(40)42-18-20-11-5-2-6-12-20/h1-6,9-12,23-24H,7-8,13-18H2,(H,29,37)(H,30,38)(H,31,39)(H,32,40)(H,33,34)(H,35,36). The maximum absolute atomic E-state index is 13.1. The maximum Gasteiger partial charge on any atom is 0.408 e.